The van der Waals surface area contributed by atoms with E-state index in [0.717, 1.165) is 0 Å². The Morgan fingerprint density at radius 2 is 2.17 bits per heavy atom. The largest absolute Gasteiger partial charge is 0.416 e. The van der Waals surface area contributed by atoms with Crippen molar-refractivity contribution in [3.05, 3.63) is 22.5 Å². The molecule has 0 bridgehead atoms. The van der Waals surface area contributed by atoms with Gasteiger partial charge < -0.3 is 4.42 Å². The van der Waals surface area contributed by atoms with Crippen molar-refractivity contribution in [1.82, 2.24) is 4.98 Å². The zero-order valence-corrected chi connectivity index (χ0v) is 8.11. The second-order valence-corrected chi connectivity index (χ2v) is 4.27. The molecule has 0 saturated heterocycles. The van der Waals surface area contributed by atoms with Gasteiger partial charge in [0.25, 0.3) is 0 Å². The first kappa shape index (κ1) is 9.39. The molecule has 1 heterocycles. The summed E-state index contributed by atoms with van der Waals surface area (Å²) in [6.07, 6.45) is 1.37. The van der Waals surface area contributed by atoms with Gasteiger partial charge in [0.1, 0.15) is 6.26 Å². The molecule has 0 aliphatic carbocycles. The molecule has 0 amide bonds. The summed E-state index contributed by atoms with van der Waals surface area (Å²) in [5.74, 6) is -0.458. The Labute approximate surface area is 75.7 Å². The lowest BCUT2D eigenvalue weighted by molar-refractivity contribution is 0.390. The van der Waals surface area contributed by atoms with E-state index in [0.29, 0.717) is 5.69 Å². The molecule has 1 unspecified atom stereocenters. The van der Waals surface area contributed by atoms with Crippen molar-refractivity contribution in [2.45, 2.75) is 26.1 Å². The van der Waals surface area contributed by atoms with Crippen LogP contribution in [0, 0.1) is 5.41 Å². The molecule has 1 atom stereocenters. The lowest BCUT2D eigenvalue weighted by Crippen LogP contribution is -2.14. The molecule has 0 spiro atoms. The van der Waals surface area contributed by atoms with Crippen LogP contribution in [0.2, 0.25) is 0 Å². The zero-order valence-electron chi connectivity index (χ0n) is 7.35. The number of aromatic amines is 1. The number of H-pyrrole nitrogens is 1. The molecule has 3 nitrogen and oxygen atoms in total. The van der Waals surface area contributed by atoms with Gasteiger partial charge in [0, 0.05) is 0 Å². The highest BCUT2D eigenvalue weighted by Crippen LogP contribution is 2.36. The average molecular weight is 190 g/mol. The van der Waals surface area contributed by atoms with E-state index in [1.807, 2.05) is 20.8 Å². The van der Waals surface area contributed by atoms with Crippen LogP contribution in [0.5, 0.6) is 0 Å². The predicted molar refractivity (Wildman–Crippen MR) is 47.4 cm³/mol. The number of halogens is 1. The number of alkyl halides is 1. The summed E-state index contributed by atoms with van der Waals surface area (Å²) in [5.41, 5.74) is 0.545. The summed E-state index contributed by atoms with van der Waals surface area (Å²) in [7, 11) is 0. The lowest BCUT2D eigenvalue weighted by atomic mass is 9.90. The normalized spacial score (nSPS) is 14.7. The minimum Gasteiger partial charge on any atom is -0.416 e. The van der Waals surface area contributed by atoms with E-state index >= 15 is 0 Å². The minimum absolute atomic E-state index is 0.0889. The molecular weight excluding hydrogens is 178 g/mol. The van der Waals surface area contributed by atoms with Crippen molar-refractivity contribution in [1.29, 1.82) is 0 Å². The Morgan fingerprint density at radius 3 is 2.50 bits per heavy atom. The molecule has 12 heavy (non-hydrogen) atoms. The Balaban J connectivity index is 2.92. The third-order valence-corrected chi connectivity index (χ3v) is 2.46. The van der Waals surface area contributed by atoms with Crippen LogP contribution in [0.4, 0.5) is 0 Å². The van der Waals surface area contributed by atoms with E-state index in [1.165, 1.54) is 6.26 Å². The van der Waals surface area contributed by atoms with Gasteiger partial charge in [-0.1, -0.05) is 20.8 Å². The number of hydrogen-bond donors (Lipinski definition) is 1. The van der Waals surface area contributed by atoms with Crippen molar-refractivity contribution in [3.8, 4) is 0 Å². The maximum Gasteiger partial charge on any atom is 0.416 e. The first-order valence-corrected chi connectivity index (χ1v) is 4.16. The van der Waals surface area contributed by atoms with Crippen molar-refractivity contribution < 1.29 is 4.42 Å². The van der Waals surface area contributed by atoms with Crippen LogP contribution >= 0.6 is 11.6 Å². The summed E-state index contributed by atoms with van der Waals surface area (Å²) in [5, 5.41) is -0.232. The number of aromatic nitrogens is 1. The second-order valence-electron chi connectivity index (χ2n) is 3.83. The highest BCUT2D eigenvalue weighted by molar-refractivity contribution is 6.21. The van der Waals surface area contributed by atoms with Crippen LogP contribution in [-0.2, 0) is 0 Å². The van der Waals surface area contributed by atoms with Crippen LogP contribution in [0.3, 0.4) is 0 Å². The highest BCUT2D eigenvalue weighted by Gasteiger charge is 2.25. The molecule has 68 valence electrons. The van der Waals surface area contributed by atoms with Crippen molar-refractivity contribution in [2.24, 2.45) is 5.41 Å². The van der Waals surface area contributed by atoms with Crippen LogP contribution in [0.25, 0.3) is 0 Å². The van der Waals surface area contributed by atoms with E-state index in [1.54, 1.807) is 0 Å². The minimum atomic E-state index is -0.458. The van der Waals surface area contributed by atoms with Crippen LogP contribution in [0.15, 0.2) is 15.5 Å². The lowest BCUT2D eigenvalue weighted by Gasteiger charge is -2.23. The molecule has 0 aliphatic heterocycles. The summed E-state index contributed by atoms with van der Waals surface area (Å²) in [4.78, 5) is 13.2. The van der Waals surface area contributed by atoms with Gasteiger partial charge >= 0.3 is 5.76 Å². The van der Waals surface area contributed by atoms with Crippen LogP contribution in [-0.4, -0.2) is 4.98 Å². The average Bonchev–Trinajstić information content (AvgIpc) is 2.32. The molecular formula is C8H12ClNO2. The number of rotatable bonds is 1. The maximum absolute atomic E-state index is 10.6. The smallest absolute Gasteiger partial charge is 0.416 e. The van der Waals surface area contributed by atoms with Gasteiger partial charge in [-0.3, -0.25) is 4.98 Å². The zero-order chi connectivity index (χ0) is 9.35. The molecule has 0 aromatic carbocycles. The predicted octanol–water partition coefficient (Wildman–Crippen LogP) is 2.29. The van der Waals surface area contributed by atoms with Gasteiger partial charge in [-0.2, -0.15) is 0 Å². The Morgan fingerprint density at radius 1 is 1.58 bits per heavy atom. The summed E-state index contributed by atoms with van der Waals surface area (Å²) in [6.45, 7) is 5.99. The second kappa shape index (κ2) is 2.98. The molecule has 1 aromatic rings. The number of hydrogen-bond acceptors (Lipinski definition) is 2. The Hall–Kier alpha value is -0.700. The van der Waals surface area contributed by atoms with E-state index in [9.17, 15) is 4.79 Å². The van der Waals surface area contributed by atoms with Gasteiger partial charge in [0.05, 0.1) is 11.1 Å². The SMILES string of the molecule is CC(C)(C)C(Cl)c1coc(=O)[nH]1. The fourth-order valence-corrected chi connectivity index (χ4v) is 0.989. The molecule has 1 N–H and O–H groups in total. The van der Waals surface area contributed by atoms with Gasteiger partial charge in [-0.15, -0.1) is 11.6 Å². The standard InChI is InChI=1S/C8H12ClNO2/c1-8(2,3)6(9)5-4-12-7(11)10-5/h4,6H,1-3H3,(H,10,11). The van der Waals surface area contributed by atoms with E-state index < -0.39 is 5.76 Å². The van der Waals surface area contributed by atoms with Crippen LogP contribution in [0.1, 0.15) is 31.8 Å². The van der Waals surface area contributed by atoms with Crippen LogP contribution < -0.4 is 5.76 Å². The van der Waals surface area contributed by atoms with E-state index in [2.05, 4.69) is 9.40 Å². The topological polar surface area (TPSA) is 46.0 Å². The number of oxazole rings is 1. The first-order chi connectivity index (χ1) is 5.41. The summed E-state index contributed by atoms with van der Waals surface area (Å²) >= 11 is 6.07. The highest BCUT2D eigenvalue weighted by atomic mass is 35.5. The van der Waals surface area contributed by atoms with Crippen molar-refractivity contribution >= 4 is 11.6 Å². The van der Waals surface area contributed by atoms with Gasteiger partial charge in [0.2, 0.25) is 0 Å². The first-order valence-electron chi connectivity index (χ1n) is 3.73. The van der Waals surface area contributed by atoms with Crippen molar-refractivity contribution in [3.63, 3.8) is 0 Å². The maximum atomic E-state index is 10.6. The summed E-state index contributed by atoms with van der Waals surface area (Å²) < 4.78 is 4.59. The molecule has 4 heteroatoms. The fraction of sp³-hybridized carbons (Fsp3) is 0.625. The van der Waals surface area contributed by atoms with E-state index in [4.69, 9.17) is 11.6 Å². The fourth-order valence-electron chi connectivity index (χ4n) is 0.883. The van der Waals surface area contributed by atoms with Crippen molar-refractivity contribution in [2.75, 3.05) is 0 Å². The number of nitrogens with one attached hydrogen (secondary N) is 1. The Bertz CT molecular complexity index is 307. The quantitative estimate of drug-likeness (QED) is 0.689. The molecule has 1 aromatic heterocycles. The molecule has 0 saturated carbocycles. The molecule has 0 fully saturated rings. The van der Waals surface area contributed by atoms with Gasteiger partial charge in [-0.05, 0) is 5.41 Å². The molecule has 1 rings (SSSR count). The van der Waals surface area contributed by atoms with E-state index in [-0.39, 0.29) is 10.8 Å². The molecule has 0 radical (unpaired) electrons. The monoisotopic (exact) mass is 189 g/mol. The van der Waals surface area contributed by atoms with Gasteiger partial charge in [-0.25, -0.2) is 4.79 Å². The molecule has 0 aliphatic rings. The Kier molecular flexibility index (Phi) is 2.33. The summed E-state index contributed by atoms with van der Waals surface area (Å²) in [6, 6.07) is 0. The third-order valence-electron chi connectivity index (χ3n) is 1.57. The van der Waals surface area contributed by atoms with Gasteiger partial charge in [0.15, 0.2) is 0 Å². The third kappa shape index (κ3) is 1.91.